The number of amides is 1. The number of hydrogen-bond donors (Lipinski definition) is 3. The number of nitrogens with zero attached hydrogens (tertiary/aromatic N) is 1. The molecule has 0 unspecified atom stereocenters. The van der Waals surface area contributed by atoms with Gasteiger partial charge >= 0.3 is 5.97 Å². The van der Waals surface area contributed by atoms with E-state index in [0.29, 0.717) is 18.7 Å². The molecule has 114 valence electrons. The van der Waals surface area contributed by atoms with Crippen LogP contribution in [0.4, 0.5) is 5.69 Å². The molecule has 0 saturated carbocycles. The van der Waals surface area contributed by atoms with Gasteiger partial charge < -0.3 is 21.1 Å². The first-order chi connectivity index (χ1) is 10.1. The summed E-state index contributed by atoms with van der Waals surface area (Å²) in [5.41, 5.74) is 7.40. The van der Waals surface area contributed by atoms with Crippen molar-refractivity contribution in [1.29, 1.82) is 0 Å². The third kappa shape index (κ3) is 4.19. The number of likely N-dealkylation sites (tertiary alicyclic amines) is 1. The molecule has 1 aliphatic heterocycles. The summed E-state index contributed by atoms with van der Waals surface area (Å²) in [5, 5.41) is 12.1. The van der Waals surface area contributed by atoms with E-state index in [1.165, 1.54) is 6.07 Å². The van der Waals surface area contributed by atoms with E-state index in [1.54, 1.807) is 12.1 Å². The number of carbonyl (C=O) groups is 2. The molecule has 1 heterocycles. The van der Waals surface area contributed by atoms with Gasteiger partial charge in [0.15, 0.2) is 0 Å². The zero-order chi connectivity index (χ0) is 15.2. The fourth-order valence-electron chi connectivity index (χ4n) is 2.45. The molecule has 2 rings (SSSR count). The summed E-state index contributed by atoms with van der Waals surface area (Å²) in [6.07, 6.45) is 2.55. The highest BCUT2D eigenvalue weighted by molar-refractivity contribution is 5.88. The molecule has 0 aromatic heterocycles. The van der Waals surface area contributed by atoms with Crippen molar-refractivity contribution in [3.63, 3.8) is 0 Å². The van der Waals surface area contributed by atoms with Gasteiger partial charge in [0.2, 0.25) is 5.91 Å². The normalized spacial score (nSPS) is 14.7. The van der Waals surface area contributed by atoms with Crippen LogP contribution in [0.5, 0.6) is 0 Å². The number of aromatic carboxylic acids is 1. The molecule has 1 aromatic carbocycles. The Morgan fingerprint density at radius 2 is 2.24 bits per heavy atom. The maximum Gasteiger partial charge on any atom is 0.335 e. The fourth-order valence-corrected chi connectivity index (χ4v) is 2.45. The molecule has 0 aliphatic carbocycles. The van der Waals surface area contributed by atoms with Crippen LogP contribution >= 0.6 is 0 Å². The Labute approximate surface area is 123 Å². The van der Waals surface area contributed by atoms with Gasteiger partial charge in [-0.3, -0.25) is 4.79 Å². The van der Waals surface area contributed by atoms with Crippen molar-refractivity contribution in [3.05, 3.63) is 29.3 Å². The van der Waals surface area contributed by atoms with Crippen molar-refractivity contribution < 1.29 is 14.7 Å². The average Bonchev–Trinajstić information content (AvgIpc) is 2.85. The zero-order valence-corrected chi connectivity index (χ0v) is 12.0. The Balaban J connectivity index is 1.71. The first kappa shape index (κ1) is 15.3. The smallest absolute Gasteiger partial charge is 0.335 e. The van der Waals surface area contributed by atoms with E-state index in [-0.39, 0.29) is 11.5 Å². The van der Waals surface area contributed by atoms with E-state index in [1.807, 2.05) is 4.90 Å². The van der Waals surface area contributed by atoms with Gasteiger partial charge in [0.05, 0.1) is 5.56 Å². The Kier molecular flexibility index (Phi) is 5.16. The van der Waals surface area contributed by atoms with Gasteiger partial charge in [-0.1, -0.05) is 6.07 Å². The first-order valence-corrected chi connectivity index (χ1v) is 7.18. The summed E-state index contributed by atoms with van der Waals surface area (Å²) in [7, 11) is 0. The van der Waals surface area contributed by atoms with Gasteiger partial charge in [-0.15, -0.1) is 0 Å². The maximum absolute atomic E-state index is 11.4. The first-order valence-electron chi connectivity index (χ1n) is 7.18. The minimum Gasteiger partial charge on any atom is -0.478 e. The molecule has 0 bridgehead atoms. The van der Waals surface area contributed by atoms with Gasteiger partial charge in [0.1, 0.15) is 0 Å². The molecular weight excluding hydrogens is 270 g/mol. The molecule has 1 aliphatic rings. The highest BCUT2D eigenvalue weighted by atomic mass is 16.4. The van der Waals surface area contributed by atoms with Crippen molar-refractivity contribution in [1.82, 2.24) is 10.2 Å². The molecule has 0 spiro atoms. The van der Waals surface area contributed by atoms with E-state index in [2.05, 4.69) is 5.32 Å². The lowest BCUT2D eigenvalue weighted by Crippen LogP contribution is -2.28. The van der Waals surface area contributed by atoms with Crippen LogP contribution in [-0.2, 0) is 11.3 Å². The van der Waals surface area contributed by atoms with E-state index in [4.69, 9.17) is 10.8 Å². The molecule has 4 N–H and O–H groups in total. The van der Waals surface area contributed by atoms with Crippen LogP contribution in [0.15, 0.2) is 18.2 Å². The van der Waals surface area contributed by atoms with Crippen molar-refractivity contribution >= 4 is 17.6 Å². The lowest BCUT2D eigenvalue weighted by atomic mass is 10.1. The fraction of sp³-hybridized carbons (Fsp3) is 0.467. The van der Waals surface area contributed by atoms with Gasteiger partial charge in [-0.25, -0.2) is 4.79 Å². The van der Waals surface area contributed by atoms with E-state index in [0.717, 1.165) is 38.0 Å². The molecule has 1 amide bonds. The van der Waals surface area contributed by atoms with E-state index in [9.17, 15) is 9.59 Å². The molecule has 1 aromatic rings. The maximum atomic E-state index is 11.4. The third-order valence-corrected chi connectivity index (χ3v) is 3.66. The standard InChI is InChI=1S/C15H21N3O3/c16-13-9-11(15(20)21)4-5-12(13)10-17-6-2-8-18-7-1-3-14(18)19/h4-5,9,17H,1-3,6-8,10,16H2,(H,20,21). The van der Waals surface area contributed by atoms with Crippen LogP contribution in [0.1, 0.15) is 35.2 Å². The summed E-state index contributed by atoms with van der Waals surface area (Å²) in [4.78, 5) is 24.1. The second-order valence-electron chi connectivity index (χ2n) is 5.23. The van der Waals surface area contributed by atoms with Gasteiger partial charge in [-0.2, -0.15) is 0 Å². The summed E-state index contributed by atoms with van der Waals surface area (Å²) in [6.45, 7) is 3.06. The second-order valence-corrected chi connectivity index (χ2v) is 5.23. The SMILES string of the molecule is Nc1cc(C(=O)O)ccc1CNCCCN1CCCC1=O. The van der Waals surface area contributed by atoms with Gasteiger partial charge in [0, 0.05) is 31.7 Å². The van der Waals surface area contributed by atoms with Crippen molar-refractivity contribution in [2.24, 2.45) is 0 Å². The molecule has 0 atom stereocenters. The van der Waals surface area contributed by atoms with Crippen LogP contribution < -0.4 is 11.1 Å². The Morgan fingerprint density at radius 1 is 1.43 bits per heavy atom. The van der Waals surface area contributed by atoms with Gasteiger partial charge in [-0.05, 0) is 37.1 Å². The van der Waals surface area contributed by atoms with Gasteiger partial charge in [0.25, 0.3) is 0 Å². The number of nitrogens with one attached hydrogen (secondary N) is 1. The number of benzene rings is 1. The molecule has 6 nitrogen and oxygen atoms in total. The molecule has 1 saturated heterocycles. The number of hydrogen-bond acceptors (Lipinski definition) is 4. The number of nitrogen functional groups attached to an aromatic ring is 1. The molecular formula is C15H21N3O3. The lowest BCUT2D eigenvalue weighted by Gasteiger charge is -2.15. The average molecular weight is 291 g/mol. The lowest BCUT2D eigenvalue weighted by molar-refractivity contribution is -0.127. The largest absolute Gasteiger partial charge is 0.478 e. The van der Waals surface area contributed by atoms with Crippen LogP contribution in [-0.4, -0.2) is 41.5 Å². The molecule has 1 fully saturated rings. The Bertz CT molecular complexity index is 531. The van der Waals surface area contributed by atoms with Crippen molar-refractivity contribution in [3.8, 4) is 0 Å². The van der Waals surface area contributed by atoms with E-state index < -0.39 is 5.97 Å². The number of nitrogens with two attached hydrogens (primary N) is 1. The van der Waals surface area contributed by atoms with Crippen molar-refractivity contribution in [2.45, 2.75) is 25.8 Å². The topological polar surface area (TPSA) is 95.7 Å². The monoisotopic (exact) mass is 291 g/mol. The minimum absolute atomic E-state index is 0.198. The highest BCUT2D eigenvalue weighted by Crippen LogP contribution is 2.14. The van der Waals surface area contributed by atoms with Crippen molar-refractivity contribution in [2.75, 3.05) is 25.4 Å². The summed E-state index contributed by atoms with van der Waals surface area (Å²) >= 11 is 0. The summed E-state index contributed by atoms with van der Waals surface area (Å²) < 4.78 is 0. The van der Waals surface area contributed by atoms with Crippen LogP contribution in [0.2, 0.25) is 0 Å². The number of anilines is 1. The van der Waals surface area contributed by atoms with Crippen LogP contribution in [0.25, 0.3) is 0 Å². The van der Waals surface area contributed by atoms with Crippen LogP contribution in [0, 0.1) is 0 Å². The second kappa shape index (κ2) is 7.08. The Morgan fingerprint density at radius 3 is 2.86 bits per heavy atom. The predicted octanol–water partition coefficient (Wildman–Crippen LogP) is 1.07. The minimum atomic E-state index is -0.975. The number of rotatable bonds is 7. The molecule has 0 radical (unpaired) electrons. The highest BCUT2D eigenvalue weighted by Gasteiger charge is 2.18. The number of carbonyl (C=O) groups excluding carboxylic acids is 1. The summed E-state index contributed by atoms with van der Waals surface area (Å²) in [5.74, 6) is -0.722. The third-order valence-electron chi connectivity index (χ3n) is 3.66. The number of carboxylic acid groups (broad SMARTS) is 1. The quantitative estimate of drug-likeness (QED) is 0.516. The molecule has 21 heavy (non-hydrogen) atoms. The number of carboxylic acids is 1. The Hall–Kier alpha value is -2.08. The predicted molar refractivity (Wildman–Crippen MR) is 80.0 cm³/mol. The van der Waals surface area contributed by atoms with E-state index >= 15 is 0 Å². The molecule has 6 heteroatoms. The van der Waals surface area contributed by atoms with Crippen LogP contribution in [0.3, 0.4) is 0 Å². The zero-order valence-electron chi connectivity index (χ0n) is 12.0. The summed E-state index contributed by atoms with van der Waals surface area (Å²) in [6, 6.07) is 4.76.